The van der Waals surface area contributed by atoms with E-state index in [1.54, 1.807) is 0 Å². The summed E-state index contributed by atoms with van der Waals surface area (Å²) in [6.07, 6.45) is 14.9. The number of carbonyl (C=O) groups excluding carboxylic acids is 1. The van der Waals surface area contributed by atoms with Crippen LogP contribution in [0.2, 0.25) is 0 Å². The molecule has 4 rings (SSSR count). The molecule has 0 radical (unpaired) electrons. The lowest BCUT2D eigenvalue weighted by atomic mass is 9.88. The number of amides is 1. The van der Waals surface area contributed by atoms with E-state index in [9.17, 15) is 4.79 Å². The van der Waals surface area contributed by atoms with Gasteiger partial charge in [0.25, 0.3) is 0 Å². The maximum absolute atomic E-state index is 13.5. The first-order valence-corrected chi connectivity index (χ1v) is 13.3. The van der Waals surface area contributed by atoms with Gasteiger partial charge in [0.15, 0.2) is 5.16 Å². The summed E-state index contributed by atoms with van der Waals surface area (Å²) >= 11 is 1.53. The summed E-state index contributed by atoms with van der Waals surface area (Å²) in [5, 5.41) is 9.71. The molecule has 1 aromatic heterocycles. The Morgan fingerprint density at radius 3 is 2.22 bits per heavy atom. The van der Waals surface area contributed by atoms with Crippen molar-refractivity contribution in [2.45, 2.75) is 94.4 Å². The van der Waals surface area contributed by atoms with Gasteiger partial charge in [0, 0.05) is 25.0 Å². The van der Waals surface area contributed by atoms with E-state index in [2.05, 4.69) is 38.4 Å². The van der Waals surface area contributed by atoms with Crippen LogP contribution in [-0.2, 0) is 17.8 Å². The topological polar surface area (TPSA) is 51.0 Å². The molecule has 0 spiro atoms. The molecule has 2 aromatic rings. The van der Waals surface area contributed by atoms with E-state index in [4.69, 9.17) is 0 Å². The summed E-state index contributed by atoms with van der Waals surface area (Å²) in [5.41, 5.74) is 1.21. The molecule has 2 aliphatic rings. The van der Waals surface area contributed by atoms with Gasteiger partial charge in [0.2, 0.25) is 5.91 Å². The fourth-order valence-electron chi connectivity index (χ4n) is 5.27. The first-order chi connectivity index (χ1) is 15.8. The van der Waals surface area contributed by atoms with Gasteiger partial charge in [0.1, 0.15) is 5.82 Å². The van der Waals surface area contributed by atoms with E-state index in [1.807, 2.05) is 24.3 Å². The molecule has 0 saturated heterocycles. The fourth-order valence-corrected chi connectivity index (χ4v) is 6.11. The predicted octanol–water partition coefficient (Wildman–Crippen LogP) is 5.64. The van der Waals surface area contributed by atoms with E-state index in [0.717, 1.165) is 17.4 Å². The van der Waals surface area contributed by atoms with Crippen molar-refractivity contribution in [2.24, 2.45) is 0 Å². The lowest BCUT2D eigenvalue weighted by Crippen LogP contribution is -2.49. The van der Waals surface area contributed by atoms with Gasteiger partial charge in [-0.15, -0.1) is 16.8 Å². The highest BCUT2D eigenvalue weighted by Crippen LogP contribution is 2.31. The monoisotopic (exact) mass is 452 g/mol. The SMILES string of the molecule is C=CCn1c(Cc2ccccc2)nnc1SCC(=O)N(C1CCCCC1)C1CCCCC1. The van der Waals surface area contributed by atoms with Crippen LogP contribution < -0.4 is 0 Å². The van der Waals surface area contributed by atoms with Crippen molar-refractivity contribution in [3.8, 4) is 0 Å². The van der Waals surface area contributed by atoms with Crippen molar-refractivity contribution >= 4 is 17.7 Å². The number of carbonyl (C=O) groups is 1. The molecule has 5 nitrogen and oxygen atoms in total. The number of aromatic nitrogens is 3. The number of allylic oxidation sites excluding steroid dienone is 1. The van der Waals surface area contributed by atoms with Crippen molar-refractivity contribution < 1.29 is 4.79 Å². The second-order valence-electron chi connectivity index (χ2n) is 9.13. The number of hydrogen-bond acceptors (Lipinski definition) is 4. The normalized spacial score (nSPS) is 17.9. The number of rotatable bonds is 9. The maximum Gasteiger partial charge on any atom is 0.233 e. The second kappa shape index (κ2) is 11.7. The first kappa shape index (κ1) is 23.1. The van der Waals surface area contributed by atoms with Crippen LogP contribution in [0.4, 0.5) is 0 Å². The molecule has 6 heteroatoms. The summed E-state index contributed by atoms with van der Waals surface area (Å²) in [6, 6.07) is 11.2. The molecule has 0 N–H and O–H groups in total. The van der Waals surface area contributed by atoms with Crippen LogP contribution in [0, 0.1) is 0 Å². The molecule has 2 fully saturated rings. The lowest BCUT2D eigenvalue weighted by Gasteiger charge is -2.41. The Morgan fingerprint density at radius 2 is 1.62 bits per heavy atom. The molecule has 1 amide bonds. The van der Waals surface area contributed by atoms with Crippen LogP contribution in [0.1, 0.15) is 75.6 Å². The third-order valence-electron chi connectivity index (χ3n) is 6.86. The van der Waals surface area contributed by atoms with E-state index in [-0.39, 0.29) is 5.91 Å². The average Bonchev–Trinajstić information content (AvgIpc) is 3.21. The van der Waals surface area contributed by atoms with Crippen LogP contribution in [0.15, 0.2) is 48.1 Å². The molecular formula is C26H36N4OS. The molecule has 2 saturated carbocycles. The van der Waals surface area contributed by atoms with Crippen molar-refractivity contribution in [1.29, 1.82) is 0 Å². The number of benzene rings is 1. The van der Waals surface area contributed by atoms with E-state index in [1.165, 1.54) is 81.5 Å². The van der Waals surface area contributed by atoms with Crippen LogP contribution in [0.3, 0.4) is 0 Å². The summed E-state index contributed by atoms with van der Waals surface area (Å²) in [5.74, 6) is 1.64. The Bertz CT molecular complexity index is 851. The molecule has 0 aliphatic heterocycles. The molecular weight excluding hydrogens is 416 g/mol. The highest BCUT2D eigenvalue weighted by atomic mass is 32.2. The lowest BCUT2D eigenvalue weighted by molar-refractivity contribution is -0.135. The smallest absolute Gasteiger partial charge is 0.233 e. The van der Waals surface area contributed by atoms with Gasteiger partial charge in [0.05, 0.1) is 5.75 Å². The molecule has 1 aromatic carbocycles. The standard InChI is InChI=1S/C26H36N4OS/c1-2-18-29-24(19-21-12-6-3-7-13-21)27-28-26(29)32-20-25(31)30(22-14-8-4-9-15-22)23-16-10-5-11-17-23/h2-3,6-7,12-13,22-23H,1,4-5,8-11,14-20H2. The zero-order valence-corrected chi connectivity index (χ0v) is 19.9. The Balaban J connectivity index is 1.45. The highest BCUT2D eigenvalue weighted by molar-refractivity contribution is 7.99. The van der Waals surface area contributed by atoms with Crippen molar-refractivity contribution in [3.63, 3.8) is 0 Å². The van der Waals surface area contributed by atoms with Crippen LogP contribution in [0.25, 0.3) is 0 Å². The van der Waals surface area contributed by atoms with Crippen molar-refractivity contribution in [2.75, 3.05) is 5.75 Å². The van der Waals surface area contributed by atoms with Gasteiger partial charge in [-0.1, -0.05) is 86.7 Å². The van der Waals surface area contributed by atoms with E-state index < -0.39 is 0 Å². The summed E-state index contributed by atoms with van der Waals surface area (Å²) in [4.78, 5) is 15.8. The number of hydrogen-bond donors (Lipinski definition) is 0. The second-order valence-corrected chi connectivity index (χ2v) is 10.1. The number of nitrogens with zero attached hydrogens (tertiary/aromatic N) is 4. The van der Waals surface area contributed by atoms with E-state index in [0.29, 0.717) is 24.4 Å². The van der Waals surface area contributed by atoms with Gasteiger partial charge in [-0.2, -0.15) is 0 Å². The molecule has 0 atom stereocenters. The first-order valence-electron chi connectivity index (χ1n) is 12.3. The summed E-state index contributed by atoms with van der Waals surface area (Å²) in [6.45, 7) is 4.56. The minimum atomic E-state index is 0.284. The van der Waals surface area contributed by atoms with E-state index >= 15 is 0 Å². The minimum Gasteiger partial charge on any atom is -0.336 e. The largest absolute Gasteiger partial charge is 0.336 e. The zero-order valence-electron chi connectivity index (χ0n) is 19.1. The average molecular weight is 453 g/mol. The summed E-state index contributed by atoms with van der Waals surface area (Å²) < 4.78 is 2.10. The van der Waals surface area contributed by atoms with Gasteiger partial charge in [-0.3, -0.25) is 4.79 Å². The van der Waals surface area contributed by atoms with Gasteiger partial charge in [-0.05, 0) is 31.2 Å². The van der Waals surface area contributed by atoms with Crippen LogP contribution >= 0.6 is 11.8 Å². The quantitative estimate of drug-likeness (QED) is 0.365. The minimum absolute atomic E-state index is 0.284. The molecule has 1 heterocycles. The number of thioether (sulfide) groups is 1. The molecule has 32 heavy (non-hydrogen) atoms. The van der Waals surface area contributed by atoms with Gasteiger partial charge in [-0.25, -0.2) is 0 Å². The third-order valence-corrected chi connectivity index (χ3v) is 7.81. The Hall–Kier alpha value is -2.08. The predicted molar refractivity (Wildman–Crippen MR) is 131 cm³/mol. The van der Waals surface area contributed by atoms with Crippen LogP contribution in [0.5, 0.6) is 0 Å². The molecule has 0 bridgehead atoms. The molecule has 2 aliphatic carbocycles. The Morgan fingerprint density at radius 1 is 1.00 bits per heavy atom. The zero-order chi connectivity index (χ0) is 22.2. The van der Waals surface area contributed by atoms with Crippen molar-refractivity contribution in [1.82, 2.24) is 19.7 Å². The third kappa shape index (κ3) is 5.83. The van der Waals surface area contributed by atoms with Gasteiger partial charge < -0.3 is 9.47 Å². The summed E-state index contributed by atoms with van der Waals surface area (Å²) in [7, 11) is 0. The Kier molecular flexibility index (Phi) is 8.43. The van der Waals surface area contributed by atoms with Crippen molar-refractivity contribution in [3.05, 3.63) is 54.4 Å². The molecule has 0 unspecified atom stereocenters. The Labute approximate surface area is 196 Å². The fraction of sp³-hybridized carbons (Fsp3) is 0.577. The van der Waals surface area contributed by atoms with Gasteiger partial charge >= 0.3 is 0 Å². The maximum atomic E-state index is 13.5. The molecule has 172 valence electrons. The highest BCUT2D eigenvalue weighted by Gasteiger charge is 2.32. The van der Waals surface area contributed by atoms with Crippen LogP contribution in [-0.4, -0.2) is 43.4 Å².